The van der Waals surface area contributed by atoms with Crippen molar-refractivity contribution in [1.29, 1.82) is 0 Å². The van der Waals surface area contributed by atoms with E-state index < -0.39 is 0 Å². The number of rotatable bonds is 3. The van der Waals surface area contributed by atoms with Crippen LogP contribution in [0.1, 0.15) is 12.5 Å². The number of esters is 1. The van der Waals surface area contributed by atoms with E-state index in [0.29, 0.717) is 12.1 Å². The molecule has 1 heterocycles. The normalized spacial score (nSPS) is 19.9. The van der Waals surface area contributed by atoms with E-state index in [-0.39, 0.29) is 12.6 Å². The number of cyclic esters (lactones) is 1. The Bertz CT molecular complexity index is 513. The fourth-order valence-corrected chi connectivity index (χ4v) is 1.66. The zero-order valence-corrected chi connectivity index (χ0v) is 10.3. The lowest BCUT2D eigenvalue weighted by Gasteiger charge is -1.97. The van der Waals surface area contributed by atoms with Crippen LogP contribution in [0.3, 0.4) is 0 Å². The first-order chi connectivity index (χ1) is 8.81. The molecule has 0 spiro atoms. The van der Waals surface area contributed by atoms with E-state index in [1.54, 1.807) is 6.08 Å². The van der Waals surface area contributed by atoms with Crippen LogP contribution in [-0.2, 0) is 16.1 Å². The molecule has 0 aliphatic carbocycles. The maximum absolute atomic E-state index is 11.5. The van der Waals surface area contributed by atoms with Crippen LogP contribution >= 0.6 is 0 Å². The van der Waals surface area contributed by atoms with Crippen molar-refractivity contribution in [1.82, 2.24) is 0 Å². The molecule has 0 amide bonds. The molecule has 2 rings (SSSR count). The first-order valence-electron chi connectivity index (χ1n) is 5.89. The molecule has 0 unspecified atom stereocenters. The first kappa shape index (κ1) is 12.3. The van der Waals surface area contributed by atoms with Gasteiger partial charge in [0, 0.05) is 0 Å². The lowest BCUT2D eigenvalue weighted by atomic mass is 10.1. The molecule has 0 bridgehead atoms. The Hall–Kier alpha value is -2.16. The molecule has 18 heavy (non-hydrogen) atoms. The zero-order valence-electron chi connectivity index (χ0n) is 10.3. The van der Waals surface area contributed by atoms with Crippen molar-refractivity contribution in [3.05, 3.63) is 59.7 Å². The van der Waals surface area contributed by atoms with E-state index in [2.05, 4.69) is 4.99 Å². The molecule has 1 fully saturated rings. The first-order valence-corrected chi connectivity index (χ1v) is 5.89. The van der Waals surface area contributed by atoms with Crippen molar-refractivity contribution in [3.8, 4) is 0 Å². The fourth-order valence-electron chi connectivity index (χ4n) is 1.66. The highest BCUT2D eigenvalue weighted by Crippen LogP contribution is 2.13. The fraction of sp³-hybridized carbons (Fsp3) is 0.200. The molecule has 0 aromatic heterocycles. The third kappa shape index (κ3) is 2.94. The van der Waals surface area contributed by atoms with Gasteiger partial charge in [-0.15, -0.1) is 0 Å². The summed E-state index contributed by atoms with van der Waals surface area (Å²) in [7, 11) is 0. The third-order valence-corrected chi connectivity index (χ3v) is 2.62. The summed E-state index contributed by atoms with van der Waals surface area (Å²) in [5.41, 5.74) is 2.40. The van der Waals surface area contributed by atoms with Crippen LogP contribution in [0.4, 0.5) is 0 Å². The van der Waals surface area contributed by atoms with Gasteiger partial charge in [0.1, 0.15) is 6.61 Å². The third-order valence-electron chi connectivity index (χ3n) is 2.62. The van der Waals surface area contributed by atoms with Crippen LogP contribution in [0.15, 0.2) is 59.1 Å². The SMILES string of the molecule is C/C=C/C=C1/C(=O)OCC1=NCc1ccccc1. The van der Waals surface area contributed by atoms with Gasteiger partial charge >= 0.3 is 5.97 Å². The van der Waals surface area contributed by atoms with E-state index in [1.165, 1.54) is 0 Å². The minimum absolute atomic E-state index is 0.273. The van der Waals surface area contributed by atoms with Gasteiger partial charge in [-0.2, -0.15) is 0 Å². The Morgan fingerprint density at radius 3 is 2.83 bits per heavy atom. The van der Waals surface area contributed by atoms with E-state index in [1.807, 2.05) is 49.4 Å². The number of aliphatic imine (C=N–C) groups is 1. The summed E-state index contributed by atoms with van der Waals surface area (Å²) in [6.07, 6.45) is 5.44. The molecule has 1 aromatic rings. The number of carbonyl (C=O) groups is 1. The molecule has 1 saturated heterocycles. The Balaban J connectivity index is 2.14. The molecule has 3 heteroatoms. The summed E-state index contributed by atoms with van der Waals surface area (Å²) >= 11 is 0. The highest BCUT2D eigenvalue weighted by atomic mass is 16.5. The van der Waals surface area contributed by atoms with Crippen LogP contribution in [-0.4, -0.2) is 18.3 Å². The molecule has 1 aliphatic heterocycles. The van der Waals surface area contributed by atoms with E-state index in [9.17, 15) is 4.79 Å². The second kappa shape index (κ2) is 5.96. The molecule has 0 radical (unpaired) electrons. The second-order valence-corrected chi connectivity index (χ2v) is 3.93. The predicted molar refractivity (Wildman–Crippen MR) is 71.4 cm³/mol. The molecule has 0 saturated carbocycles. The summed E-state index contributed by atoms with van der Waals surface area (Å²) in [4.78, 5) is 15.9. The number of nitrogens with zero attached hydrogens (tertiary/aromatic N) is 1. The topological polar surface area (TPSA) is 38.7 Å². The Morgan fingerprint density at radius 1 is 1.33 bits per heavy atom. The van der Waals surface area contributed by atoms with Crippen LogP contribution in [0.5, 0.6) is 0 Å². The summed E-state index contributed by atoms with van der Waals surface area (Å²) < 4.78 is 4.99. The van der Waals surface area contributed by atoms with Gasteiger partial charge < -0.3 is 4.74 Å². The molecule has 0 atom stereocenters. The summed E-state index contributed by atoms with van der Waals surface area (Å²) in [5, 5.41) is 0. The van der Waals surface area contributed by atoms with E-state index in [4.69, 9.17) is 4.74 Å². The smallest absolute Gasteiger partial charge is 0.340 e. The number of benzene rings is 1. The van der Waals surface area contributed by atoms with Gasteiger partial charge in [-0.25, -0.2) is 4.79 Å². The van der Waals surface area contributed by atoms with Crippen molar-refractivity contribution in [2.24, 2.45) is 4.99 Å². The molecule has 0 N–H and O–H groups in total. The van der Waals surface area contributed by atoms with Gasteiger partial charge in [0.05, 0.1) is 17.8 Å². The monoisotopic (exact) mass is 241 g/mol. The highest BCUT2D eigenvalue weighted by Gasteiger charge is 2.25. The molecule has 1 aromatic carbocycles. The Labute approximate surface area is 107 Å². The quantitative estimate of drug-likeness (QED) is 0.603. The van der Waals surface area contributed by atoms with Gasteiger partial charge in [-0.1, -0.05) is 42.5 Å². The molecule has 1 aliphatic rings. The maximum atomic E-state index is 11.5. The minimum atomic E-state index is -0.292. The van der Waals surface area contributed by atoms with Crippen LogP contribution in [0.2, 0.25) is 0 Å². The van der Waals surface area contributed by atoms with Gasteiger partial charge in [-0.3, -0.25) is 4.99 Å². The average molecular weight is 241 g/mol. The van der Waals surface area contributed by atoms with Crippen molar-refractivity contribution >= 4 is 11.7 Å². The van der Waals surface area contributed by atoms with E-state index in [0.717, 1.165) is 11.3 Å². The predicted octanol–water partition coefficient (Wildman–Crippen LogP) is 2.69. The van der Waals surface area contributed by atoms with Crippen molar-refractivity contribution in [2.75, 3.05) is 6.61 Å². The van der Waals surface area contributed by atoms with Gasteiger partial charge in [0.25, 0.3) is 0 Å². The number of hydrogen-bond donors (Lipinski definition) is 0. The standard InChI is InChI=1S/C15H15NO2/c1-2-3-9-13-14(11-18-15(13)17)16-10-12-7-5-4-6-8-12/h2-9H,10-11H2,1H3/b3-2+,13-9+,16-14?. The number of carbonyl (C=O) groups excluding carboxylic acids is 1. The Kier molecular flexibility index (Phi) is 4.07. The molecule has 92 valence electrons. The highest BCUT2D eigenvalue weighted by molar-refractivity contribution is 6.24. The lowest BCUT2D eigenvalue weighted by Crippen LogP contribution is -2.02. The minimum Gasteiger partial charge on any atom is -0.456 e. The Morgan fingerprint density at radius 2 is 2.11 bits per heavy atom. The summed E-state index contributed by atoms with van der Waals surface area (Å²) in [6, 6.07) is 9.94. The average Bonchev–Trinajstić information content (AvgIpc) is 2.76. The second-order valence-electron chi connectivity index (χ2n) is 3.93. The van der Waals surface area contributed by atoms with Crippen molar-refractivity contribution in [3.63, 3.8) is 0 Å². The number of ether oxygens (including phenoxy) is 1. The zero-order chi connectivity index (χ0) is 12.8. The lowest BCUT2D eigenvalue weighted by molar-refractivity contribution is -0.134. The summed E-state index contributed by atoms with van der Waals surface area (Å²) in [6.45, 7) is 2.74. The van der Waals surface area contributed by atoms with Gasteiger partial charge in [0.15, 0.2) is 0 Å². The number of hydrogen-bond acceptors (Lipinski definition) is 3. The van der Waals surface area contributed by atoms with Crippen LogP contribution < -0.4 is 0 Å². The molecular formula is C15H15NO2. The largest absolute Gasteiger partial charge is 0.456 e. The van der Waals surface area contributed by atoms with Crippen LogP contribution in [0.25, 0.3) is 0 Å². The van der Waals surface area contributed by atoms with E-state index >= 15 is 0 Å². The number of allylic oxidation sites excluding steroid dienone is 3. The van der Waals surface area contributed by atoms with Crippen LogP contribution in [0, 0.1) is 0 Å². The molecule has 3 nitrogen and oxygen atoms in total. The van der Waals surface area contributed by atoms with Gasteiger partial charge in [0.2, 0.25) is 0 Å². The maximum Gasteiger partial charge on any atom is 0.340 e. The van der Waals surface area contributed by atoms with Gasteiger partial charge in [-0.05, 0) is 18.6 Å². The summed E-state index contributed by atoms with van der Waals surface area (Å²) in [5.74, 6) is -0.292. The van der Waals surface area contributed by atoms with Crippen molar-refractivity contribution in [2.45, 2.75) is 13.5 Å². The van der Waals surface area contributed by atoms with Crippen molar-refractivity contribution < 1.29 is 9.53 Å². The molecular weight excluding hydrogens is 226 g/mol.